The highest BCUT2D eigenvalue weighted by Gasteiger charge is 2.63. The summed E-state index contributed by atoms with van der Waals surface area (Å²) in [7, 11) is 0. The highest BCUT2D eigenvalue weighted by Crippen LogP contribution is 2.60. The van der Waals surface area contributed by atoms with E-state index in [1.807, 2.05) is 13.8 Å². The molecule has 4 rings (SSSR count). The molecule has 6 heteroatoms. The van der Waals surface area contributed by atoms with Crippen molar-refractivity contribution in [2.75, 3.05) is 4.90 Å². The lowest BCUT2D eigenvalue weighted by Gasteiger charge is -2.20. The van der Waals surface area contributed by atoms with Crippen LogP contribution in [0, 0.1) is 23.7 Å². The van der Waals surface area contributed by atoms with Gasteiger partial charge in [0.2, 0.25) is 11.8 Å². The molecule has 3 aliphatic rings. The maximum atomic E-state index is 13.0. The van der Waals surface area contributed by atoms with Crippen LogP contribution in [0.3, 0.4) is 0 Å². The van der Waals surface area contributed by atoms with Gasteiger partial charge in [0.05, 0.1) is 23.1 Å². The molecule has 2 amide bonds. The second-order valence-corrected chi connectivity index (χ2v) is 7.36. The Morgan fingerprint density at radius 1 is 1.04 bits per heavy atom. The standard InChI is InChI=1S/C19H18F3NO2/c1-9(2)14-12-6-7-13(14)16-15(12)17(24)23(18(16)25)11-5-3-4-10(8-11)19(20,21)22/h3-5,8,12-13,15-16H,6-7H2,1-2H3/t12-,13+,15-,16-/m1/s1. The van der Waals surface area contributed by atoms with Gasteiger partial charge in [-0.05, 0) is 56.7 Å². The third kappa shape index (κ3) is 2.19. The summed E-state index contributed by atoms with van der Waals surface area (Å²) in [5.41, 5.74) is 1.56. The van der Waals surface area contributed by atoms with Gasteiger partial charge in [-0.1, -0.05) is 17.2 Å². The van der Waals surface area contributed by atoms with Crippen LogP contribution >= 0.6 is 0 Å². The lowest BCUT2D eigenvalue weighted by atomic mass is 9.81. The number of halogens is 3. The minimum absolute atomic E-state index is 0.0253. The van der Waals surface area contributed by atoms with Crippen molar-refractivity contribution in [1.82, 2.24) is 0 Å². The Balaban J connectivity index is 1.74. The van der Waals surface area contributed by atoms with E-state index in [0.717, 1.165) is 35.4 Å². The highest BCUT2D eigenvalue weighted by atomic mass is 19.4. The van der Waals surface area contributed by atoms with Crippen LogP contribution in [-0.4, -0.2) is 11.8 Å². The number of hydrogen-bond donors (Lipinski definition) is 0. The van der Waals surface area contributed by atoms with Crippen LogP contribution in [0.15, 0.2) is 35.4 Å². The van der Waals surface area contributed by atoms with E-state index in [1.54, 1.807) is 0 Å². The van der Waals surface area contributed by atoms with Gasteiger partial charge >= 0.3 is 6.18 Å². The molecule has 0 aromatic heterocycles. The van der Waals surface area contributed by atoms with Gasteiger partial charge in [0.25, 0.3) is 0 Å². The molecule has 25 heavy (non-hydrogen) atoms. The Hall–Kier alpha value is -2.11. The predicted octanol–water partition coefficient (Wildman–Crippen LogP) is 4.19. The maximum Gasteiger partial charge on any atom is 0.416 e. The Labute approximate surface area is 143 Å². The van der Waals surface area contributed by atoms with Crippen molar-refractivity contribution < 1.29 is 22.8 Å². The molecule has 1 saturated heterocycles. The molecule has 0 radical (unpaired) electrons. The monoisotopic (exact) mass is 349 g/mol. The number of fused-ring (bicyclic) bond motifs is 5. The molecule has 0 unspecified atom stereocenters. The van der Waals surface area contributed by atoms with E-state index >= 15 is 0 Å². The normalized spacial score (nSPS) is 31.1. The molecular formula is C19H18F3NO2. The number of amides is 2. The number of carbonyl (C=O) groups is 2. The first-order chi connectivity index (χ1) is 11.7. The van der Waals surface area contributed by atoms with Gasteiger partial charge in [0.15, 0.2) is 0 Å². The number of anilines is 1. The molecule has 4 atom stereocenters. The number of alkyl halides is 3. The molecule has 3 nitrogen and oxygen atoms in total. The summed E-state index contributed by atoms with van der Waals surface area (Å²) < 4.78 is 38.9. The average molecular weight is 349 g/mol. The quantitative estimate of drug-likeness (QED) is 0.563. The van der Waals surface area contributed by atoms with E-state index in [9.17, 15) is 22.8 Å². The van der Waals surface area contributed by atoms with Crippen LogP contribution < -0.4 is 4.90 Å². The topological polar surface area (TPSA) is 37.4 Å². The number of allylic oxidation sites excluding steroid dienone is 2. The van der Waals surface area contributed by atoms with E-state index in [2.05, 4.69) is 0 Å². The lowest BCUT2D eigenvalue weighted by molar-refractivity contribution is -0.137. The molecule has 1 aromatic rings. The molecular weight excluding hydrogens is 331 g/mol. The fraction of sp³-hybridized carbons (Fsp3) is 0.474. The van der Waals surface area contributed by atoms with Crippen LogP contribution in [0.2, 0.25) is 0 Å². The Kier molecular flexibility index (Phi) is 3.40. The van der Waals surface area contributed by atoms with Gasteiger partial charge < -0.3 is 0 Å². The summed E-state index contributed by atoms with van der Waals surface area (Å²) in [4.78, 5) is 26.8. The van der Waals surface area contributed by atoms with Crippen LogP contribution in [0.5, 0.6) is 0 Å². The largest absolute Gasteiger partial charge is 0.416 e. The molecule has 3 fully saturated rings. The summed E-state index contributed by atoms with van der Waals surface area (Å²) in [5.74, 6) is -1.39. The molecule has 1 aliphatic heterocycles. The van der Waals surface area contributed by atoms with E-state index in [0.29, 0.717) is 0 Å². The predicted molar refractivity (Wildman–Crippen MR) is 85.5 cm³/mol. The SMILES string of the molecule is CC(C)=C1[C@H]2CC[C@@H]1[C@H]1C(=O)N(c3cccc(C(F)(F)F)c3)C(=O)[C@@H]12. The third-order valence-electron chi connectivity index (χ3n) is 5.86. The first kappa shape index (κ1) is 16.4. The summed E-state index contributed by atoms with van der Waals surface area (Å²) in [6, 6.07) is 4.47. The number of rotatable bonds is 1. The highest BCUT2D eigenvalue weighted by molar-refractivity contribution is 6.23. The molecule has 2 aliphatic carbocycles. The second kappa shape index (κ2) is 5.19. The molecule has 132 valence electrons. The minimum Gasteiger partial charge on any atom is -0.274 e. The third-order valence-corrected chi connectivity index (χ3v) is 5.86. The molecule has 0 N–H and O–H groups in total. The van der Waals surface area contributed by atoms with Crippen LogP contribution in [0.4, 0.5) is 18.9 Å². The molecule has 1 heterocycles. The van der Waals surface area contributed by atoms with Crippen molar-refractivity contribution in [3.63, 3.8) is 0 Å². The molecule has 2 bridgehead atoms. The maximum absolute atomic E-state index is 13.0. The van der Waals surface area contributed by atoms with Crippen molar-refractivity contribution >= 4 is 17.5 Å². The summed E-state index contributed by atoms with van der Waals surface area (Å²) in [6.45, 7) is 4.00. The van der Waals surface area contributed by atoms with Crippen molar-refractivity contribution in [3.05, 3.63) is 41.0 Å². The number of nitrogens with zero attached hydrogens (tertiary/aromatic N) is 1. The Morgan fingerprint density at radius 2 is 1.60 bits per heavy atom. The number of hydrogen-bond acceptors (Lipinski definition) is 2. The fourth-order valence-electron chi connectivity index (χ4n) is 5.07. The van der Waals surface area contributed by atoms with Gasteiger partial charge in [0, 0.05) is 0 Å². The first-order valence-electron chi connectivity index (χ1n) is 8.44. The number of carbonyl (C=O) groups excluding carboxylic acids is 2. The molecule has 1 aromatic carbocycles. The van der Waals surface area contributed by atoms with Gasteiger partial charge in [-0.3, -0.25) is 14.5 Å². The lowest BCUT2D eigenvalue weighted by Crippen LogP contribution is -2.33. The smallest absolute Gasteiger partial charge is 0.274 e. The van der Waals surface area contributed by atoms with Crippen molar-refractivity contribution in [1.29, 1.82) is 0 Å². The van der Waals surface area contributed by atoms with E-state index in [4.69, 9.17) is 0 Å². The number of imide groups is 1. The van der Waals surface area contributed by atoms with E-state index in [-0.39, 0.29) is 29.3 Å². The van der Waals surface area contributed by atoms with Gasteiger partial charge in [-0.2, -0.15) is 13.2 Å². The van der Waals surface area contributed by atoms with Crippen molar-refractivity contribution in [3.8, 4) is 0 Å². The minimum atomic E-state index is -4.51. The van der Waals surface area contributed by atoms with Gasteiger partial charge in [-0.25, -0.2) is 0 Å². The second-order valence-electron chi connectivity index (χ2n) is 7.36. The molecule has 0 spiro atoms. The average Bonchev–Trinajstić information content (AvgIpc) is 3.17. The van der Waals surface area contributed by atoms with Gasteiger partial charge in [0.1, 0.15) is 0 Å². The summed E-state index contributed by atoms with van der Waals surface area (Å²) in [5, 5.41) is 0. The Bertz CT molecular complexity index is 775. The van der Waals surface area contributed by atoms with E-state index in [1.165, 1.54) is 17.7 Å². The van der Waals surface area contributed by atoms with Crippen LogP contribution in [0.25, 0.3) is 0 Å². The van der Waals surface area contributed by atoms with Crippen molar-refractivity contribution in [2.24, 2.45) is 23.7 Å². The first-order valence-corrected chi connectivity index (χ1v) is 8.44. The zero-order chi connectivity index (χ0) is 18.1. The zero-order valence-corrected chi connectivity index (χ0v) is 13.9. The fourth-order valence-corrected chi connectivity index (χ4v) is 5.07. The van der Waals surface area contributed by atoms with Crippen LogP contribution in [0.1, 0.15) is 32.3 Å². The van der Waals surface area contributed by atoms with Crippen LogP contribution in [-0.2, 0) is 15.8 Å². The van der Waals surface area contributed by atoms with Gasteiger partial charge in [-0.15, -0.1) is 0 Å². The Morgan fingerprint density at radius 3 is 2.08 bits per heavy atom. The summed E-state index contributed by atoms with van der Waals surface area (Å²) in [6.07, 6.45) is -2.75. The van der Waals surface area contributed by atoms with E-state index < -0.39 is 23.6 Å². The summed E-state index contributed by atoms with van der Waals surface area (Å²) >= 11 is 0. The van der Waals surface area contributed by atoms with Crippen molar-refractivity contribution in [2.45, 2.75) is 32.9 Å². The molecule has 2 saturated carbocycles. The number of benzene rings is 1. The zero-order valence-electron chi connectivity index (χ0n) is 13.9.